The number of pyridine rings is 2. The van der Waals surface area contributed by atoms with Crippen LogP contribution in [0.3, 0.4) is 0 Å². The van der Waals surface area contributed by atoms with Gasteiger partial charge in [0, 0.05) is 46.9 Å². The lowest BCUT2D eigenvalue weighted by atomic mass is 9.89. The second-order valence-electron chi connectivity index (χ2n) is 13.2. The van der Waals surface area contributed by atoms with Crippen LogP contribution < -0.4 is 0 Å². The van der Waals surface area contributed by atoms with Crippen LogP contribution in [0.2, 0.25) is 13.1 Å². The van der Waals surface area contributed by atoms with Gasteiger partial charge in [-0.15, -0.1) is 0 Å². The Morgan fingerprint density at radius 1 is 0.408 bits per heavy atom. The quantitative estimate of drug-likeness (QED) is 0.169. The van der Waals surface area contributed by atoms with E-state index in [1.165, 1.54) is 43.8 Å². The number of nitrogens with zero attached hydrogens (tertiary/aromatic N) is 4. The van der Waals surface area contributed by atoms with Crippen molar-refractivity contribution < 1.29 is 0 Å². The first kappa shape index (κ1) is 29.1. The fraction of sp³-hybridized carbons (Fsp3) is 0.0455. The summed E-state index contributed by atoms with van der Waals surface area (Å²) < 4.78 is 4.35. The Hall–Kier alpha value is -6.04. The van der Waals surface area contributed by atoms with E-state index in [0.717, 1.165) is 33.4 Å². The van der Waals surface area contributed by atoms with Gasteiger partial charge in [0.25, 0.3) is 0 Å². The highest BCUT2D eigenvalue weighted by Gasteiger charge is 2.43. The summed E-state index contributed by atoms with van der Waals surface area (Å²) in [5, 5.41) is 5.19. The molecule has 0 amide bonds. The summed E-state index contributed by atoms with van der Waals surface area (Å²) in [6.45, 7) is 5.04. The zero-order valence-electron chi connectivity index (χ0n) is 27.5. The Kier molecular flexibility index (Phi) is 6.88. The Balaban J connectivity index is 1.23. The lowest BCUT2D eigenvalue weighted by Gasteiger charge is -2.27. The highest BCUT2D eigenvalue weighted by atomic mass is 28.3. The highest BCUT2D eigenvalue weighted by molar-refractivity contribution is 7.13. The molecule has 0 saturated carbocycles. The predicted molar refractivity (Wildman–Crippen MR) is 206 cm³/mol. The van der Waals surface area contributed by atoms with Crippen molar-refractivity contribution in [3.8, 4) is 11.4 Å². The van der Waals surface area contributed by atoms with Gasteiger partial charge in [0.15, 0.2) is 0 Å². The van der Waals surface area contributed by atoms with Crippen LogP contribution in [0, 0.1) is 0 Å². The maximum absolute atomic E-state index is 4.67. The molecule has 49 heavy (non-hydrogen) atoms. The second kappa shape index (κ2) is 11.6. The predicted octanol–water partition coefficient (Wildman–Crippen LogP) is 10.7. The van der Waals surface area contributed by atoms with Crippen molar-refractivity contribution in [2.75, 3.05) is 0 Å². The van der Waals surface area contributed by atoms with Crippen LogP contribution in [-0.2, 0) is 0 Å². The molecule has 0 N–H and O–H groups in total. The third-order valence-electron chi connectivity index (χ3n) is 9.89. The lowest BCUT2D eigenvalue weighted by molar-refractivity contribution is 1.09. The van der Waals surface area contributed by atoms with E-state index in [1.54, 1.807) is 0 Å². The zero-order chi connectivity index (χ0) is 33.0. The lowest BCUT2D eigenvalue weighted by Crippen LogP contribution is -2.28. The van der Waals surface area contributed by atoms with Crippen LogP contribution in [0.1, 0.15) is 22.3 Å². The van der Waals surface area contributed by atoms with Gasteiger partial charge in [-0.05, 0) is 104 Å². The molecular weight excluding hydrogens is 613 g/mol. The molecule has 0 radical (unpaired) electrons. The number of hydrogen-bond acceptors (Lipinski definition) is 2. The third kappa shape index (κ3) is 4.81. The minimum Gasteiger partial charge on any atom is -0.301 e. The number of rotatable bonds is 6. The molecule has 5 heterocycles. The number of fused-ring (bicyclic) bond motifs is 2. The molecule has 0 atom stereocenters. The van der Waals surface area contributed by atoms with E-state index in [9.17, 15) is 0 Å². The maximum atomic E-state index is 4.67. The average Bonchev–Trinajstić information content (AvgIpc) is 3.85. The van der Waals surface area contributed by atoms with Gasteiger partial charge < -0.3 is 9.13 Å². The van der Waals surface area contributed by atoms with E-state index in [-0.39, 0.29) is 0 Å². The van der Waals surface area contributed by atoms with Crippen LogP contribution in [0.15, 0.2) is 170 Å². The summed E-state index contributed by atoms with van der Waals surface area (Å²) in [6, 6.07) is 52.6. The third-order valence-corrected chi connectivity index (χ3v) is 13.5. The Bertz CT molecular complexity index is 2360. The number of allylic oxidation sites excluding steroid dienone is 2. The Labute approximate surface area is 287 Å². The monoisotopic (exact) mass is 646 g/mol. The Morgan fingerprint density at radius 3 is 1.22 bits per heavy atom. The fourth-order valence-corrected chi connectivity index (χ4v) is 11.5. The van der Waals surface area contributed by atoms with Crippen LogP contribution in [-0.4, -0.2) is 27.2 Å². The van der Waals surface area contributed by atoms with Crippen LogP contribution >= 0.6 is 0 Å². The van der Waals surface area contributed by atoms with E-state index in [1.807, 2.05) is 24.5 Å². The van der Waals surface area contributed by atoms with Gasteiger partial charge in [0.1, 0.15) is 19.4 Å². The molecule has 5 heteroatoms. The summed E-state index contributed by atoms with van der Waals surface area (Å²) in [4.78, 5) is 9.33. The van der Waals surface area contributed by atoms with E-state index in [4.69, 9.17) is 0 Å². The topological polar surface area (TPSA) is 35.6 Å². The van der Waals surface area contributed by atoms with Gasteiger partial charge in [-0.3, -0.25) is 0 Å². The summed E-state index contributed by atoms with van der Waals surface area (Å²) in [5.41, 5.74) is 11.9. The first-order valence-electron chi connectivity index (χ1n) is 16.7. The average molecular weight is 647 g/mol. The van der Waals surface area contributed by atoms with Crippen molar-refractivity contribution in [3.05, 3.63) is 193 Å². The van der Waals surface area contributed by atoms with E-state index < -0.39 is 8.07 Å². The highest BCUT2D eigenvalue weighted by Crippen LogP contribution is 2.55. The van der Waals surface area contributed by atoms with Gasteiger partial charge >= 0.3 is 0 Å². The molecule has 1 aliphatic heterocycles. The molecule has 0 unspecified atom stereocenters. The summed E-state index contributed by atoms with van der Waals surface area (Å²) in [6.07, 6.45) is 7.94. The first-order valence-corrected chi connectivity index (χ1v) is 19.7. The summed E-state index contributed by atoms with van der Waals surface area (Å²) in [5.74, 6) is 0. The Morgan fingerprint density at radius 2 is 0.816 bits per heavy atom. The molecular formula is C44H34N4Si. The van der Waals surface area contributed by atoms with Crippen molar-refractivity contribution in [2.24, 2.45) is 0 Å². The molecule has 4 aromatic heterocycles. The molecule has 234 valence electrons. The van der Waals surface area contributed by atoms with Crippen LogP contribution in [0.5, 0.6) is 0 Å². The molecule has 4 nitrogen and oxygen atoms in total. The van der Waals surface area contributed by atoms with E-state index >= 15 is 0 Å². The van der Waals surface area contributed by atoms with E-state index in [0.29, 0.717) is 0 Å². The molecule has 0 saturated heterocycles. The number of aromatic nitrogens is 4. The normalized spacial score (nSPS) is 14.3. The molecule has 8 aromatic rings. The maximum Gasteiger partial charge on any atom is 0.144 e. The molecule has 9 rings (SSSR count). The summed E-state index contributed by atoms with van der Waals surface area (Å²) >= 11 is 0. The van der Waals surface area contributed by atoms with Crippen molar-refractivity contribution in [3.63, 3.8) is 0 Å². The first-order chi connectivity index (χ1) is 24.1. The molecule has 4 aromatic carbocycles. The second-order valence-corrected chi connectivity index (χ2v) is 17.4. The van der Waals surface area contributed by atoms with E-state index in [2.05, 4.69) is 178 Å². The van der Waals surface area contributed by atoms with Crippen molar-refractivity contribution in [2.45, 2.75) is 13.1 Å². The molecule has 0 fully saturated rings. The van der Waals surface area contributed by atoms with Crippen LogP contribution in [0.4, 0.5) is 0 Å². The van der Waals surface area contributed by atoms with Gasteiger partial charge in [-0.1, -0.05) is 98.0 Å². The molecule has 0 spiro atoms. The minimum absolute atomic E-state index is 0.970. The smallest absolute Gasteiger partial charge is 0.144 e. The number of benzene rings is 4. The molecule has 0 bridgehead atoms. The fourth-order valence-electron chi connectivity index (χ4n) is 7.72. The molecule has 0 aliphatic carbocycles. The van der Waals surface area contributed by atoms with Crippen molar-refractivity contribution in [1.82, 2.24) is 19.1 Å². The minimum atomic E-state index is -2.31. The zero-order valence-corrected chi connectivity index (χ0v) is 28.5. The van der Waals surface area contributed by atoms with Crippen molar-refractivity contribution in [1.29, 1.82) is 0 Å². The molecule has 1 aliphatic rings. The van der Waals surface area contributed by atoms with Gasteiger partial charge in [-0.2, -0.15) is 0 Å². The largest absolute Gasteiger partial charge is 0.301 e. The van der Waals surface area contributed by atoms with Gasteiger partial charge in [-0.25, -0.2) is 9.97 Å². The standard InChI is InChI=1S/C44H34N4Si/c1-49(2)41(33-17-21-37(22-18-33)47-29-25-35-15-9-27-45-43(35)47)39(31-11-5-3-6-12-31)40(32-13-7-4-8-14-32)42(49)34-19-23-38(24-20-34)48-30-26-36-16-10-28-46-44(36)48/h3-30H,1-2H3. The number of hydrogen-bond donors (Lipinski definition) is 0. The van der Waals surface area contributed by atoms with Gasteiger partial charge in [0.05, 0.1) is 0 Å². The SMILES string of the molecule is C[Si]1(C)C(c2ccc(-n3ccc4cccnc43)cc2)=C(c2ccccc2)C(c2ccccc2)=C1c1ccc(-n2ccc3cccnc32)cc1. The van der Waals surface area contributed by atoms with Gasteiger partial charge in [0.2, 0.25) is 0 Å². The van der Waals surface area contributed by atoms with Crippen LogP contribution in [0.25, 0.3) is 55.0 Å². The van der Waals surface area contributed by atoms with Crippen molar-refractivity contribution >= 4 is 51.7 Å². The summed E-state index contributed by atoms with van der Waals surface area (Å²) in [7, 11) is -2.31.